The number of carbonyl (C=O) groups is 2. The molecule has 0 aromatic heterocycles. The zero-order valence-electron chi connectivity index (χ0n) is 6.20. The van der Waals surface area contributed by atoms with E-state index in [9.17, 15) is 9.59 Å². The van der Waals surface area contributed by atoms with Crippen molar-refractivity contribution >= 4 is 19.6 Å². The van der Waals surface area contributed by atoms with Crippen LogP contribution in [-0.4, -0.2) is 43.5 Å². The molecule has 0 aromatic rings. The molecule has 0 rings (SSSR count). The van der Waals surface area contributed by atoms with Crippen molar-refractivity contribution in [3.8, 4) is 0 Å². The van der Waals surface area contributed by atoms with Crippen molar-refractivity contribution in [2.75, 3.05) is 13.8 Å². The monoisotopic (exact) mass is 159 g/mol. The molecule has 0 atom stereocenters. The fourth-order valence-electron chi connectivity index (χ4n) is 0.422. The zero-order valence-corrected chi connectivity index (χ0v) is 6.20. The highest BCUT2D eigenvalue weighted by Gasteiger charge is 2.03. The summed E-state index contributed by atoms with van der Waals surface area (Å²) in [6.07, 6.45) is 0.429. The van der Waals surface area contributed by atoms with E-state index in [0.717, 1.165) is 0 Å². The van der Waals surface area contributed by atoms with Crippen LogP contribution in [0.2, 0.25) is 0 Å². The SMILES string of the molecule is CN(CO)NC(=O)BNC=O. The van der Waals surface area contributed by atoms with Gasteiger partial charge in [-0.2, -0.15) is 5.01 Å². The lowest BCUT2D eigenvalue weighted by molar-refractivity contribution is -0.108. The van der Waals surface area contributed by atoms with Crippen LogP contribution in [0.1, 0.15) is 0 Å². The number of nitrogens with zero attached hydrogens (tertiary/aromatic N) is 1. The molecular formula is C4H10BN3O3. The Balaban J connectivity index is 3.43. The van der Waals surface area contributed by atoms with E-state index >= 15 is 0 Å². The highest BCUT2D eigenvalue weighted by Crippen LogP contribution is 1.70. The first-order valence-corrected chi connectivity index (χ1v) is 2.99. The van der Waals surface area contributed by atoms with E-state index in [1.54, 1.807) is 0 Å². The van der Waals surface area contributed by atoms with Crippen LogP contribution in [0.4, 0.5) is 4.79 Å². The molecule has 11 heavy (non-hydrogen) atoms. The molecule has 0 fully saturated rings. The number of hydrogen-bond donors (Lipinski definition) is 3. The van der Waals surface area contributed by atoms with E-state index in [0.29, 0.717) is 6.41 Å². The second kappa shape index (κ2) is 5.69. The molecule has 0 aliphatic carbocycles. The Hall–Kier alpha value is -1.08. The van der Waals surface area contributed by atoms with Crippen LogP contribution >= 0.6 is 0 Å². The van der Waals surface area contributed by atoms with E-state index < -0.39 is 0 Å². The average Bonchev–Trinajstić information content (AvgIpc) is 2.00. The number of rotatable bonds is 5. The number of carbonyl (C=O) groups excluding carboxylic acids is 2. The molecule has 7 heteroatoms. The largest absolute Gasteiger partial charge is 0.396 e. The van der Waals surface area contributed by atoms with Gasteiger partial charge in [0.1, 0.15) is 6.73 Å². The molecule has 0 saturated heterocycles. The van der Waals surface area contributed by atoms with Crippen molar-refractivity contribution in [1.82, 2.24) is 15.7 Å². The lowest BCUT2D eigenvalue weighted by Gasteiger charge is -2.13. The Morgan fingerprint density at radius 1 is 1.82 bits per heavy atom. The fourth-order valence-corrected chi connectivity index (χ4v) is 0.422. The number of nitrogens with one attached hydrogen (secondary N) is 2. The van der Waals surface area contributed by atoms with E-state index in [1.807, 2.05) is 0 Å². The van der Waals surface area contributed by atoms with Gasteiger partial charge in [0.25, 0.3) is 0 Å². The van der Waals surface area contributed by atoms with E-state index in [2.05, 4.69) is 10.7 Å². The summed E-state index contributed by atoms with van der Waals surface area (Å²) in [4.78, 5) is 20.4. The van der Waals surface area contributed by atoms with E-state index in [1.165, 1.54) is 12.1 Å². The third-order valence-electron chi connectivity index (χ3n) is 0.874. The predicted molar refractivity (Wildman–Crippen MR) is 39.7 cm³/mol. The van der Waals surface area contributed by atoms with E-state index in [4.69, 9.17) is 5.11 Å². The normalized spacial score (nSPS) is 9.00. The van der Waals surface area contributed by atoms with Crippen molar-refractivity contribution in [2.45, 2.75) is 0 Å². The molecule has 0 aliphatic heterocycles. The third kappa shape index (κ3) is 5.37. The maximum atomic E-state index is 10.7. The van der Waals surface area contributed by atoms with Gasteiger partial charge < -0.3 is 10.3 Å². The zero-order chi connectivity index (χ0) is 8.69. The molecule has 0 saturated carbocycles. The summed E-state index contributed by atoms with van der Waals surface area (Å²) in [5, 5.41) is 11.8. The van der Waals surface area contributed by atoms with Gasteiger partial charge in [-0.1, -0.05) is 0 Å². The molecule has 0 aliphatic rings. The molecule has 6 nitrogen and oxygen atoms in total. The van der Waals surface area contributed by atoms with Crippen molar-refractivity contribution in [3.05, 3.63) is 0 Å². The smallest absolute Gasteiger partial charge is 0.345 e. The average molecular weight is 159 g/mol. The maximum Gasteiger partial charge on any atom is 0.345 e. The molecule has 3 N–H and O–H groups in total. The van der Waals surface area contributed by atoms with Gasteiger partial charge in [0.05, 0.1) is 0 Å². The molecule has 2 amide bonds. The summed E-state index contributed by atoms with van der Waals surface area (Å²) in [5.74, 6) is -0.381. The van der Waals surface area contributed by atoms with Crippen LogP contribution in [0.5, 0.6) is 0 Å². The number of hydrazine groups is 1. The lowest BCUT2D eigenvalue weighted by atomic mass is 9.95. The van der Waals surface area contributed by atoms with E-state index in [-0.39, 0.29) is 20.0 Å². The molecule has 0 radical (unpaired) electrons. The molecule has 0 bridgehead atoms. The van der Waals surface area contributed by atoms with Gasteiger partial charge in [0, 0.05) is 7.05 Å². The Labute approximate surface area is 64.8 Å². The Morgan fingerprint density at radius 3 is 2.91 bits per heavy atom. The van der Waals surface area contributed by atoms with Crippen molar-refractivity contribution in [1.29, 1.82) is 0 Å². The fraction of sp³-hybridized carbons (Fsp3) is 0.500. The molecular weight excluding hydrogens is 149 g/mol. The van der Waals surface area contributed by atoms with Crippen LogP contribution in [0.15, 0.2) is 0 Å². The molecule has 62 valence electrons. The minimum absolute atomic E-state index is 0.0894. The number of amides is 2. The van der Waals surface area contributed by atoms with Gasteiger partial charge in [-0.05, 0) is 0 Å². The van der Waals surface area contributed by atoms with Crippen LogP contribution in [0.25, 0.3) is 0 Å². The summed E-state index contributed by atoms with van der Waals surface area (Å²) in [5.41, 5.74) is 2.29. The standard InChI is InChI=1S/C4H10BN3O3/c1-8(3-10)7-4(11)5-6-2-9/h2,5,10H,3H2,1H3,(H,6,9)(H,7,11). The minimum atomic E-state index is -0.381. The second-order valence-corrected chi connectivity index (χ2v) is 1.87. The summed E-state index contributed by atoms with van der Waals surface area (Å²) < 4.78 is 0. The molecule has 0 spiro atoms. The van der Waals surface area contributed by atoms with Gasteiger partial charge in [-0.25, -0.2) is 0 Å². The number of aliphatic hydroxyl groups is 1. The second-order valence-electron chi connectivity index (χ2n) is 1.87. The lowest BCUT2D eigenvalue weighted by Crippen LogP contribution is -2.44. The van der Waals surface area contributed by atoms with Gasteiger partial charge in [-0.3, -0.25) is 15.0 Å². The summed E-state index contributed by atoms with van der Waals surface area (Å²) in [7, 11) is 1.41. The Kier molecular flexibility index (Phi) is 5.13. The highest BCUT2D eigenvalue weighted by atomic mass is 16.3. The Morgan fingerprint density at radius 2 is 2.45 bits per heavy atom. The number of hydrogen-bond acceptors (Lipinski definition) is 4. The van der Waals surface area contributed by atoms with Crippen LogP contribution in [-0.2, 0) is 4.79 Å². The summed E-state index contributed by atoms with van der Waals surface area (Å²) in [6, 6.07) is 0. The van der Waals surface area contributed by atoms with Gasteiger partial charge in [0.2, 0.25) is 5.81 Å². The van der Waals surface area contributed by atoms with Crippen LogP contribution in [0.3, 0.4) is 0 Å². The first-order valence-electron chi connectivity index (χ1n) is 2.99. The highest BCUT2D eigenvalue weighted by molar-refractivity contribution is 6.72. The predicted octanol–water partition coefficient (Wildman–Crippen LogP) is -2.41. The van der Waals surface area contributed by atoms with Crippen molar-refractivity contribution in [3.63, 3.8) is 0 Å². The van der Waals surface area contributed by atoms with Crippen molar-refractivity contribution < 1.29 is 14.7 Å². The Bertz CT molecular complexity index is 143. The van der Waals surface area contributed by atoms with Gasteiger partial charge in [-0.15, -0.1) is 0 Å². The quantitative estimate of drug-likeness (QED) is 0.180. The number of aliphatic hydroxyl groups excluding tert-OH is 1. The first-order chi connectivity index (χ1) is 5.20. The third-order valence-corrected chi connectivity index (χ3v) is 0.874. The molecule has 0 unspecified atom stereocenters. The van der Waals surface area contributed by atoms with Crippen LogP contribution in [0, 0.1) is 0 Å². The van der Waals surface area contributed by atoms with Gasteiger partial charge in [0.15, 0.2) is 6.41 Å². The first kappa shape index (κ1) is 9.92. The topological polar surface area (TPSA) is 81.7 Å². The van der Waals surface area contributed by atoms with Crippen molar-refractivity contribution in [2.24, 2.45) is 0 Å². The minimum Gasteiger partial charge on any atom is -0.396 e. The summed E-state index contributed by atoms with van der Waals surface area (Å²) >= 11 is 0. The van der Waals surface area contributed by atoms with Gasteiger partial charge >= 0.3 is 7.41 Å². The maximum absolute atomic E-state index is 10.7. The van der Waals surface area contributed by atoms with Crippen LogP contribution < -0.4 is 10.7 Å². The molecule has 0 heterocycles. The summed E-state index contributed by atoms with van der Waals surface area (Å²) in [6.45, 7) is -0.271. The molecule has 0 aromatic carbocycles.